The summed E-state index contributed by atoms with van der Waals surface area (Å²) in [5, 5.41) is 11.2. The van der Waals surface area contributed by atoms with Crippen molar-refractivity contribution < 1.29 is 19.2 Å². The Morgan fingerprint density at radius 2 is 1.83 bits per heavy atom. The summed E-state index contributed by atoms with van der Waals surface area (Å²) in [6, 6.07) is 10.0. The average molecular weight is 398 g/mol. The first-order valence-corrected chi connectivity index (χ1v) is 9.61. The summed E-state index contributed by atoms with van der Waals surface area (Å²) in [5.41, 5.74) is 2.61. The molecule has 0 saturated carbocycles. The molecule has 0 aromatic heterocycles. The standard InChI is InChI=1S/C22H26N2O5/c1-15-13-16(22(2,3)4)5-8-20(15)29-21(25)18-14-17(24(26)27)6-7-19(18)23-9-11-28-12-10-23/h5-8,13-14H,9-12H2,1-4H3. The van der Waals surface area contributed by atoms with E-state index in [0.717, 1.165) is 11.1 Å². The number of nitrogens with zero attached hydrogens (tertiary/aromatic N) is 2. The van der Waals surface area contributed by atoms with Gasteiger partial charge in [-0.25, -0.2) is 4.79 Å². The van der Waals surface area contributed by atoms with Crippen LogP contribution in [0.15, 0.2) is 36.4 Å². The second-order valence-electron chi connectivity index (χ2n) is 8.18. The lowest BCUT2D eigenvalue weighted by molar-refractivity contribution is -0.384. The first-order chi connectivity index (χ1) is 13.7. The maximum atomic E-state index is 13.0. The third kappa shape index (κ3) is 4.74. The Morgan fingerprint density at radius 3 is 2.41 bits per heavy atom. The van der Waals surface area contributed by atoms with Gasteiger partial charge in [-0.15, -0.1) is 0 Å². The van der Waals surface area contributed by atoms with Gasteiger partial charge in [0.25, 0.3) is 5.69 Å². The number of carbonyl (C=O) groups is 1. The molecule has 1 aliphatic heterocycles. The third-order valence-corrected chi connectivity index (χ3v) is 5.01. The van der Waals surface area contributed by atoms with E-state index in [4.69, 9.17) is 9.47 Å². The molecule has 0 unspecified atom stereocenters. The molecular weight excluding hydrogens is 372 g/mol. The van der Waals surface area contributed by atoms with E-state index in [2.05, 4.69) is 20.8 Å². The number of hydrogen-bond acceptors (Lipinski definition) is 6. The van der Waals surface area contributed by atoms with Gasteiger partial charge in [-0.3, -0.25) is 10.1 Å². The molecule has 7 heteroatoms. The number of carbonyl (C=O) groups excluding carboxylic acids is 1. The minimum atomic E-state index is -0.609. The van der Waals surface area contributed by atoms with Crippen LogP contribution in [0, 0.1) is 17.0 Å². The van der Waals surface area contributed by atoms with Gasteiger partial charge in [0.1, 0.15) is 5.75 Å². The molecule has 29 heavy (non-hydrogen) atoms. The van der Waals surface area contributed by atoms with E-state index in [1.54, 1.807) is 12.1 Å². The highest BCUT2D eigenvalue weighted by Crippen LogP contribution is 2.30. The molecule has 0 N–H and O–H groups in total. The zero-order chi connectivity index (χ0) is 21.2. The van der Waals surface area contributed by atoms with E-state index >= 15 is 0 Å². The van der Waals surface area contributed by atoms with Gasteiger partial charge >= 0.3 is 5.97 Å². The van der Waals surface area contributed by atoms with Gasteiger partial charge in [-0.2, -0.15) is 0 Å². The number of non-ortho nitro benzene ring substituents is 1. The average Bonchev–Trinajstić information content (AvgIpc) is 2.68. The Hall–Kier alpha value is -2.93. The van der Waals surface area contributed by atoms with Crippen LogP contribution < -0.4 is 9.64 Å². The van der Waals surface area contributed by atoms with Crippen molar-refractivity contribution >= 4 is 17.3 Å². The number of morpholine rings is 1. The number of nitro benzene ring substituents is 1. The molecule has 0 atom stereocenters. The number of esters is 1. The summed E-state index contributed by atoms with van der Waals surface area (Å²) in [6.45, 7) is 10.5. The molecule has 0 spiro atoms. The Bertz CT molecular complexity index is 927. The van der Waals surface area contributed by atoms with Gasteiger partial charge in [0.05, 0.1) is 29.4 Å². The van der Waals surface area contributed by atoms with Gasteiger partial charge < -0.3 is 14.4 Å². The molecule has 2 aromatic carbocycles. The lowest BCUT2D eigenvalue weighted by atomic mass is 9.86. The summed E-state index contributed by atoms with van der Waals surface area (Å²) in [6.07, 6.45) is 0. The Kier molecular flexibility index (Phi) is 5.88. The first-order valence-electron chi connectivity index (χ1n) is 9.61. The first kappa shape index (κ1) is 20.8. The summed E-state index contributed by atoms with van der Waals surface area (Å²) < 4.78 is 11.0. The van der Waals surface area contributed by atoms with E-state index in [1.807, 2.05) is 24.0 Å². The van der Waals surface area contributed by atoms with Gasteiger partial charge in [-0.1, -0.05) is 32.9 Å². The molecule has 3 rings (SSSR count). The summed E-state index contributed by atoms with van der Waals surface area (Å²) in [4.78, 5) is 25.7. The Balaban J connectivity index is 1.93. The quantitative estimate of drug-likeness (QED) is 0.331. The number of rotatable bonds is 4. The molecule has 7 nitrogen and oxygen atoms in total. The van der Waals surface area contributed by atoms with E-state index < -0.39 is 10.9 Å². The van der Waals surface area contributed by atoms with Crippen LogP contribution >= 0.6 is 0 Å². The molecule has 2 aromatic rings. The smallest absolute Gasteiger partial charge is 0.345 e. The minimum Gasteiger partial charge on any atom is -0.423 e. The predicted molar refractivity (Wildman–Crippen MR) is 111 cm³/mol. The molecule has 0 aliphatic carbocycles. The fraction of sp³-hybridized carbons (Fsp3) is 0.409. The second-order valence-corrected chi connectivity index (χ2v) is 8.18. The lowest BCUT2D eigenvalue weighted by Crippen LogP contribution is -2.37. The highest BCUT2D eigenvalue weighted by atomic mass is 16.6. The van der Waals surface area contributed by atoms with Gasteiger partial charge in [-0.05, 0) is 35.6 Å². The van der Waals surface area contributed by atoms with Crippen LogP contribution in [0.5, 0.6) is 5.75 Å². The Labute approximate surface area is 170 Å². The van der Waals surface area contributed by atoms with Crippen molar-refractivity contribution in [3.63, 3.8) is 0 Å². The number of benzene rings is 2. The number of nitro groups is 1. The molecule has 0 radical (unpaired) electrons. The monoisotopic (exact) mass is 398 g/mol. The van der Waals surface area contributed by atoms with Gasteiger partial charge in [0.15, 0.2) is 0 Å². The highest BCUT2D eigenvalue weighted by Gasteiger charge is 2.24. The van der Waals surface area contributed by atoms with Crippen LogP contribution in [0.25, 0.3) is 0 Å². The van der Waals surface area contributed by atoms with Gasteiger partial charge in [0, 0.05) is 25.2 Å². The summed E-state index contributed by atoms with van der Waals surface area (Å²) in [5.74, 6) is -0.163. The van der Waals surface area contributed by atoms with Crippen molar-refractivity contribution in [3.05, 3.63) is 63.2 Å². The SMILES string of the molecule is Cc1cc(C(C)(C)C)ccc1OC(=O)c1cc([N+](=O)[O-])ccc1N1CCOCC1. The zero-order valence-electron chi connectivity index (χ0n) is 17.2. The topological polar surface area (TPSA) is 81.9 Å². The van der Waals surface area contributed by atoms with Gasteiger partial charge in [0.2, 0.25) is 0 Å². The maximum absolute atomic E-state index is 13.0. The molecule has 1 aliphatic rings. The van der Waals surface area contributed by atoms with Crippen molar-refractivity contribution in [1.82, 2.24) is 0 Å². The molecule has 1 fully saturated rings. The highest BCUT2D eigenvalue weighted by molar-refractivity contribution is 5.98. The van der Waals surface area contributed by atoms with E-state index in [1.165, 1.54) is 12.1 Å². The summed E-state index contributed by atoms with van der Waals surface area (Å²) >= 11 is 0. The summed E-state index contributed by atoms with van der Waals surface area (Å²) in [7, 11) is 0. The zero-order valence-corrected chi connectivity index (χ0v) is 17.2. The molecule has 1 saturated heterocycles. The maximum Gasteiger partial charge on any atom is 0.345 e. The van der Waals surface area contributed by atoms with Crippen LogP contribution in [0.2, 0.25) is 0 Å². The molecule has 0 bridgehead atoms. The fourth-order valence-electron chi connectivity index (χ4n) is 3.27. The normalized spacial score (nSPS) is 14.6. The van der Waals surface area contributed by atoms with E-state index in [9.17, 15) is 14.9 Å². The van der Waals surface area contributed by atoms with Crippen molar-refractivity contribution in [2.45, 2.75) is 33.1 Å². The number of ether oxygens (including phenoxy) is 2. The molecule has 154 valence electrons. The Morgan fingerprint density at radius 1 is 1.14 bits per heavy atom. The van der Waals surface area contributed by atoms with E-state index in [0.29, 0.717) is 37.7 Å². The van der Waals surface area contributed by atoms with Crippen LogP contribution in [0.4, 0.5) is 11.4 Å². The van der Waals surface area contributed by atoms with Crippen LogP contribution in [0.1, 0.15) is 42.3 Å². The minimum absolute atomic E-state index is 0.0170. The van der Waals surface area contributed by atoms with Crippen molar-refractivity contribution in [2.24, 2.45) is 0 Å². The van der Waals surface area contributed by atoms with Crippen molar-refractivity contribution in [2.75, 3.05) is 31.2 Å². The van der Waals surface area contributed by atoms with Crippen LogP contribution in [0.3, 0.4) is 0 Å². The van der Waals surface area contributed by atoms with E-state index in [-0.39, 0.29) is 16.7 Å². The third-order valence-electron chi connectivity index (χ3n) is 5.01. The second kappa shape index (κ2) is 8.21. The lowest BCUT2D eigenvalue weighted by Gasteiger charge is -2.30. The van der Waals surface area contributed by atoms with Crippen molar-refractivity contribution in [3.8, 4) is 5.75 Å². The van der Waals surface area contributed by atoms with Crippen molar-refractivity contribution in [1.29, 1.82) is 0 Å². The van der Waals surface area contributed by atoms with Crippen LogP contribution in [-0.2, 0) is 10.2 Å². The number of hydrogen-bond donors (Lipinski definition) is 0. The number of anilines is 1. The largest absolute Gasteiger partial charge is 0.423 e. The molecule has 0 amide bonds. The fourth-order valence-corrected chi connectivity index (χ4v) is 3.27. The molecule has 1 heterocycles. The molecular formula is C22H26N2O5. The predicted octanol–water partition coefficient (Wildman–Crippen LogP) is 4.26. The van der Waals surface area contributed by atoms with Crippen LogP contribution in [-0.4, -0.2) is 37.2 Å². The number of aryl methyl sites for hydroxylation is 1.